The minimum absolute atomic E-state index is 0.00746. The fourth-order valence-electron chi connectivity index (χ4n) is 6.47. The number of carbonyl (C=O) groups is 2. The van der Waals surface area contributed by atoms with Crippen LogP contribution in [0.5, 0.6) is 0 Å². The molecule has 0 spiro atoms. The van der Waals surface area contributed by atoms with Crippen molar-refractivity contribution in [1.29, 1.82) is 0 Å². The van der Waals surface area contributed by atoms with Crippen molar-refractivity contribution in [3.8, 4) is 0 Å². The lowest BCUT2D eigenvalue weighted by Gasteiger charge is -2.60. The molecule has 2 aliphatic heterocycles. The summed E-state index contributed by atoms with van der Waals surface area (Å²) >= 11 is 0. The van der Waals surface area contributed by atoms with Gasteiger partial charge in [0.15, 0.2) is 6.04 Å². The molecule has 6 atom stereocenters. The molecule has 0 saturated carbocycles. The highest BCUT2D eigenvalue weighted by Gasteiger charge is 2.62. The molecule has 1 aromatic carbocycles. The summed E-state index contributed by atoms with van der Waals surface area (Å²) in [4.78, 5) is 25.6. The van der Waals surface area contributed by atoms with Crippen LogP contribution < -0.4 is 5.32 Å². The van der Waals surface area contributed by atoms with Crippen LogP contribution in [0.25, 0.3) is 0 Å². The van der Waals surface area contributed by atoms with Gasteiger partial charge in [-0.2, -0.15) is 0 Å². The first-order valence-corrected chi connectivity index (χ1v) is 15.9. The second kappa shape index (κ2) is 11.9. The van der Waals surface area contributed by atoms with E-state index in [2.05, 4.69) is 52.1 Å². The third-order valence-electron chi connectivity index (χ3n) is 8.05. The molecule has 2 saturated heterocycles. The zero-order chi connectivity index (χ0) is 27.5. The first-order chi connectivity index (χ1) is 17.3. The Morgan fingerprint density at radius 1 is 1.08 bits per heavy atom. The normalized spacial score (nSPS) is 30.5. The van der Waals surface area contributed by atoms with Crippen molar-refractivity contribution in [1.82, 2.24) is 5.32 Å². The highest BCUT2D eigenvalue weighted by atomic mass is 28.4. The quantitative estimate of drug-likeness (QED) is 0.364. The summed E-state index contributed by atoms with van der Waals surface area (Å²) in [7, 11) is -1.97. The molecule has 37 heavy (non-hydrogen) atoms. The number of esters is 1. The zero-order valence-corrected chi connectivity index (χ0v) is 25.1. The van der Waals surface area contributed by atoms with E-state index in [4.69, 9.17) is 18.6 Å². The Kier molecular flexibility index (Phi) is 9.51. The number of alkyl carbamates (subject to hydrolysis) is 1. The van der Waals surface area contributed by atoms with Crippen molar-refractivity contribution >= 4 is 20.4 Å². The van der Waals surface area contributed by atoms with Crippen LogP contribution in [-0.2, 0) is 29.9 Å². The van der Waals surface area contributed by atoms with Crippen LogP contribution in [0.1, 0.15) is 67.9 Å². The molecule has 0 bridgehead atoms. The number of cyclic esters (lactones) is 1. The highest BCUT2D eigenvalue weighted by molar-refractivity contribution is 6.80. The Bertz CT molecular complexity index is 907. The summed E-state index contributed by atoms with van der Waals surface area (Å²) in [6, 6.07) is 9.41. The van der Waals surface area contributed by atoms with Gasteiger partial charge < -0.3 is 24.0 Å². The van der Waals surface area contributed by atoms with Crippen molar-refractivity contribution < 1.29 is 28.2 Å². The fourth-order valence-corrected chi connectivity index (χ4v) is 12.1. The monoisotopic (exact) mass is 533 g/mol. The van der Waals surface area contributed by atoms with E-state index in [1.54, 1.807) is 20.8 Å². The van der Waals surface area contributed by atoms with Gasteiger partial charge in [-0.3, -0.25) is 0 Å². The molecule has 0 aliphatic carbocycles. The first-order valence-electron chi connectivity index (χ1n) is 13.8. The second-order valence-corrected chi connectivity index (χ2v) is 17.6. The number of rotatable bonds is 6. The Morgan fingerprint density at radius 3 is 2.24 bits per heavy atom. The maximum Gasteiger partial charge on any atom is 0.408 e. The largest absolute Gasteiger partial charge is 0.461 e. The van der Waals surface area contributed by atoms with Gasteiger partial charge in [-0.1, -0.05) is 65.0 Å². The Hall–Kier alpha value is -1.90. The van der Waals surface area contributed by atoms with E-state index in [0.717, 1.165) is 6.42 Å². The van der Waals surface area contributed by atoms with Crippen LogP contribution in [0.2, 0.25) is 16.6 Å². The molecular formula is C29H47NO6Si. The lowest BCUT2D eigenvalue weighted by atomic mass is 9.79. The van der Waals surface area contributed by atoms with Crippen molar-refractivity contribution in [2.75, 3.05) is 13.2 Å². The minimum Gasteiger partial charge on any atom is -0.461 e. The first kappa shape index (κ1) is 29.6. The molecular weight excluding hydrogens is 486 g/mol. The number of ether oxygens (including phenoxy) is 3. The van der Waals surface area contributed by atoms with Crippen molar-refractivity contribution in [3.05, 3.63) is 35.9 Å². The third-order valence-corrected chi connectivity index (χ3v) is 14.1. The van der Waals surface area contributed by atoms with Gasteiger partial charge in [0.25, 0.3) is 0 Å². The predicted molar refractivity (Wildman–Crippen MR) is 147 cm³/mol. The van der Waals surface area contributed by atoms with Crippen molar-refractivity contribution in [2.45, 2.75) is 109 Å². The lowest BCUT2D eigenvalue weighted by molar-refractivity contribution is -0.157. The molecule has 8 heteroatoms. The molecule has 2 unspecified atom stereocenters. The Balaban J connectivity index is 1.87. The summed E-state index contributed by atoms with van der Waals surface area (Å²) in [6.45, 7) is 19.2. The van der Waals surface area contributed by atoms with Gasteiger partial charge >= 0.3 is 12.1 Å². The van der Waals surface area contributed by atoms with Crippen molar-refractivity contribution in [2.24, 2.45) is 11.8 Å². The fraction of sp³-hybridized carbons (Fsp3) is 0.724. The molecule has 2 aliphatic rings. The summed E-state index contributed by atoms with van der Waals surface area (Å²) in [5.41, 5.74) is 1.96. The molecule has 1 aromatic rings. The van der Waals surface area contributed by atoms with Gasteiger partial charge in [-0.15, -0.1) is 0 Å². The number of hydrogen-bond acceptors (Lipinski definition) is 6. The highest BCUT2D eigenvalue weighted by Crippen LogP contribution is 2.57. The van der Waals surface area contributed by atoms with Crippen LogP contribution in [0.15, 0.2) is 30.3 Å². The van der Waals surface area contributed by atoms with E-state index in [-0.39, 0.29) is 24.5 Å². The number of hydrogen-bond donors (Lipinski definition) is 1. The van der Waals surface area contributed by atoms with Gasteiger partial charge in [0.1, 0.15) is 11.7 Å². The Labute approximate surface area is 224 Å². The number of nitrogens with one attached hydrogen (secondary N) is 1. The van der Waals surface area contributed by atoms with Gasteiger partial charge in [0.2, 0.25) is 8.32 Å². The maximum atomic E-state index is 13.2. The summed E-state index contributed by atoms with van der Waals surface area (Å²) < 4.78 is 24.5. The molecule has 1 amide bonds. The van der Waals surface area contributed by atoms with E-state index in [1.165, 1.54) is 5.56 Å². The van der Waals surface area contributed by atoms with E-state index in [9.17, 15) is 9.59 Å². The SMILES string of the molecule is CC(C)[Si]1(C(C)C)OC([C@@H]2[C@@H](Cc3ccccc3)COC[C@H](NC(=O)OC(C)(C)C)C(=O)O[C@H]2C)C1C. The second-order valence-electron chi connectivity index (χ2n) is 12.4. The molecule has 3 rings (SSSR count). The van der Waals surface area contributed by atoms with Crippen molar-refractivity contribution in [3.63, 3.8) is 0 Å². The number of carbonyl (C=O) groups excluding carboxylic acids is 2. The Morgan fingerprint density at radius 2 is 1.70 bits per heavy atom. The summed E-state index contributed by atoms with van der Waals surface area (Å²) in [5, 5.41) is 2.64. The standard InChI is InChI=1S/C29H47NO6Si/c1-18(2)37(19(3)4)21(6)26(36-37)25-20(5)34-27(31)24(30-28(32)35-29(7,8)9)17-33-16-23(25)15-22-13-11-10-12-14-22/h10-14,18-21,23-26H,15-17H2,1-9H3,(H,30,32)/t20-,21?,23-,24-,25-,26?/m0/s1. The third kappa shape index (κ3) is 6.76. The molecule has 7 nitrogen and oxygen atoms in total. The average Bonchev–Trinajstić information content (AvgIpc) is 2.82. The van der Waals surface area contributed by atoms with E-state index >= 15 is 0 Å². The van der Waals surface area contributed by atoms with E-state index < -0.39 is 38.1 Å². The van der Waals surface area contributed by atoms with E-state index in [0.29, 0.717) is 23.2 Å². The maximum absolute atomic E-state index is 13.2. The number of amides is 1. The van der Waals surface area contributed by atoms with Gasteiger partial charge in [0.05, 0.1) is 19.3 Å². The number of benzene rings is 1. The molecule has 0 aromatic heterocycles. The lowest BCUT2D eigenvalue weighted by Crippen LogP contribution is -2.67. The van der Waals surface area contributed by atoms with Gasteiger partial charge in [0, 0.05) is 11.5 Å². The van der Waals surface area contributed by atoms with Crippen LogP contribution in [0.3, 0.4) is 0 Å². The topological polar surface area (TPSA) is 83.1 Å². The average molecular weight is 534 g/mol. The van der Waals surface area contributed by atoms with E-state index in [1.807, 2.05) is 25.1 Å². The zero-order valence-electron chi connectivity index (χ0n) is 24.1. The molecule has 0 radical (unpaired) electrons. The smallest absolute Gasteiger partial charge is 0.408 e. The predicted octanol–water partition coefficient (Wildman–Crippen LogP) is 5.87. The molecule has 1 N–H and O–H groups in total. The summed E-state index contributed by atoms with van der Waals surface area (Å²) in [6.07, 6.45) is -0.276. The van der Waals surface area contributed by atoms with Gasteiger partial charge in [-0.05, 0) is 56.7 Å². The molecule has 208 valence electrons. The van der Waals surface area contributed by atoms with Crippen LogP contribution >= 0.6 is 0 Å². The van der Waals surface area contributed by atoms with Crippen LogP contribution in [0.4, 0.5) is 4.79 Å². The minimum atomic E-state index is -1.97. The van der Waals surface area contributed by atoms with Gasteiger partial charge in [-0.25, -0.2) is 9.59 Å². The molecule has 2 heterocycles. The summed E-state index contributed by atoms with van der Waals surface area (Å²) in [5.74, 6) is -0.450. The molecule has 2 fully saturated rings. The van der Waals surface area contributed by atoms with Crippen LogP contribution in [-0.4, -0.2) is 57.4 Å². The van der Waals surface area contributed by atoms with Crippen LogP contribution in [0, 0.1) is 11.8 Å².